The quantitative estimate of drug-likeness (QED) is 0.908. The first-order valence-corrected chi connectivity index (χ1v) is 6.12. The molecule has 0 aliphatic heterocycles. The Morgan fingerprint density at radius 3 is 2.65 bits per heavy atom. The molecule has 1 aromatic carbocycles. The fourth-order valence-corrected chi connectivity index (χ4v) is 1.54. The Kier molecular flexibility index (Phi) is 4.29. The molecule has 6 nitrogen and oxygen atoms in total. The van der Waals surface area contributed by atoms with Crippen LogP contribution in [0.2, 0.25) is 0 Å². The van der Waals surface area contributed by atoms with E-state index in [2.05, 4.69) is 20.3 Å². The SMILES string of the molecule is CCC(Oc1ccc(F)cc1)C(=O)Nc1nonc1C. The molecule has 0 spiro atoms. The van der Waals surface area contributed by atoms with Crippen molar-refractivity contribution in [3.05, 3.63) is 35.8 Å². The Bertz CT molecular complexity index is 583. The zero-order valence-electron chi connectivity index (χ0n) is 11.1. The molecule has 1 amide bonds. The fourth-order valence-electron chi connectivity index (χ4n) is 1.54. The van der Waals surface area contributed by atoms with Crippen molar-refractivity contribution in [1.29, 1.82) is 0 Å². The zero-order valence-corrected chi connectivity index (χ0v) is 11.1. The van der Waals surface area contributed by atoms with E-state index >= 15 is 0 Å². The van der Waals surface area contributed by atoms with E-state index in [9.17, 15) is 9.18 Å². The van der Waals surface area contributed by atoms with E-state index in [-0.39, 0.29) is 17.5 Å². The lowest BCUT2D eigenvalue weighted by molar-refractivity contribution is -0.122. The normalized spacial score (nSPS) is 11.9. The molecule has 7 heteroatoms. The van der Waals surface area contributed by atoms with E-state index in [1.54, 1.807) is 6.92 Å². The van der Waals surface area contributed by atoms with Crippen molar-refractivity contribution in [3.8, 4) is 5.75 Å². The number of ether oxygens (including phenoxy) is 1. The van der Waals surface area contributed by atoms with E-state index in [0.717, 1.165) is 0 Å². The Hall–Kier alpha value is -2.44. The predicted octanol–water partition coefficient (Wildman–Crippen LogP) is 2.31. The minimum Gasteiger partial charge on any atom is -0.481 e. The number of carbonyl (C=O) groups excluding carboxylic acids is 1. The molecule has 1 atom stereocenters. The van der Waals surface area contributed by atoms with Crippen molar-refractivity contribution in [3.63, 3.8) is 0 Å². The smallest absolute Gasteiger partial charge is 0.266 e. The second-order valence-corrected chi connectivity index (χ2v) is 4.16. The Labute approximate surface area is 114 Å². The Balaban J connectivity index is 2.02. The largest absolute Gasteiger partial charge is 0.481 e. The number of nitrogens with zero attached hydrogens (tertiary/aromatic N) is 2. The highest BCUT2D eigenvalue weighted by molar-refractivity contribution is 5.93. The number of rotatable bonds is 5. The summed E-state index contributed by atoms with van der Waals surface area (Å²) >= 11 is 0. The standard InChI is InChI=1S/C13H14FN3O3/c1-3-11(19-10-6-4-9(14)5-7-10)13(18)15-12-8(2)16-20-17-12/h4-7,11H,3H2,1-2H3,(H,15,17,18). The van der Waals surface area contributed by atoms with Crippen LogP contribution < -0.4 is 10.1 Å². The number of benzene rings is 1. The molecule has 0 saturated carbocycles. The first-order valence-electron chi connectivity index (χ1n) is 6.12. The van der Waals surface area contributed by atoms with Crippen LogP contribution in [0, 0.1) is 12.7 Å². The second-order valence-electron chi connectivity index (χ2n) is 4.16. The van der Waals surface area contributed by atoms with E-state index in [1.807, 2.05) is 6.92 Å². The van der Waals surface area contributed by atoms with E-state index in [0.29, 0.717) is 17.9 Å². The number of hydrogen-bond donors (Lipinski definition) is 1. The molecule has 1 heterocycles. The topological polar surface area (TPSA) is 77.2 Å². The number of aryl methyl sites for hydroxylation is 1. The maximum Gasteiger partial charge on any atom is 0.266 e. The lowest BCUT2D eigenvalue weighted by Crippen LogP contribution is -2.32. The van der Waals surface area contributed by atoms with Gasteiger partial charge in [-0.05, 0) is 42.8 Å². The van der Waals surface area contributed by atoms with Crippen LogP contribution in [-0.4, -0.2) is 22.3 Å². The third-order valence-electron chi connectivity index (χ3n) is 2.65. The van der Waals surface area contributed by atoms with Gasteiger partial charge >= 0.3 is 0 Å². The van der Waals surface area contributed by atoms with Crippen LogP contribution >= 0.6 is 0 Å². The summed E-state index contributed by atoms with van der Waals surface area (Å²) < 4.78 is 22.8. The lowest BCUT2D eigenvalue weighted by Gasteiger charge is -2.16. The van der Waals surface area contributed by atoms with Crippen LogP contribution in [0.3, 0.4) is 0 Å². The average molecular weight is 279 g/mol. The van der Waals surface area contributed by atoms with Gasteiger partial charge in [0.15, 0.2) is 11.9 Å². The molecule has 1 aromatic heterocycles. The number of halogens is 1. The highest BCUT2D eigenvalue weighted by Gasteiger charge is 2.20. The summed E-state index contributed by atoms with van der Waals surface area (Å²) in [7, 11) is 0. The molecule has 1 unspecified atom stereocenters. The minimum absolute atomic E-state index is 0.260. The van der Waals surface area contributed by atoms with Crippen LogP contribution in [-0.2, 0) is 4.79 Å². The van der Waals surface area contributed by atoms with Gasteiger partial charge in [0, 0.05) is 0 Å². The summed E-state index contributed by atoms with van der Waals surface area (Å²) in [6, 6.07) is 5.47. The fraction of sp³-hybridized carbons (Fsp3) is 0.308. The molecule has 0 bridgehead atoms. The molecule has 2 rings (SSSR count). The zero-order chi connectivity index (χ0) is 14.5. The number of aromatic nitrogens is 2. The van der Waals surface area contributed by atoms with Gasteiger partial charge in [-0.3, -0.25) is 4.79 Å². The van der Waals surface area contributed by atoms with Crippen molar-refractivity contribution in [2.75, 3.05) is 5.32 Å². The number of carbonyl (C=O) groups is 1. The molecule has 1 N–H and O–H groups in total. The highest BCUT2D eigenvalue weighted by atomic mass is 19.1. The number of amides is 1. The van der Waals surface area contributed by atoms with Gasteiger partial charge in [0.1, 0.15) is 17.3 Å². The summed E-state index contributed by atoms with van der Waals surface area (Å²) in [5.74, 6) is -0.0469. The van der Waals surface area contributed by atoms with Crippen molar-refractivity contribution >= 4 is 11.7 Å². The van der Waals surface area contributed by atoms with Crippen molar-refractivity contribution < 1.29 is 18.6 Å². The first kappa shape index (κ1) is 14.0. The van der Waals surface area contributed by atoms with Crippen molar-refractivity contribution in [2.45, 2.75) is 26.4 Å². The van der Waals surface area contributed by atoms with Crippen molar-refractivity contribution in [2.24, 2.45) is 0 Å². The minimum atomic E-state index is -0.712. The average Bonchev–Trinajstić information content (AvgIpc) is 2.83. The number of anilines is 1. The van der Waals surface area contributed by atoms with Gasteiger partial charge < -0.3 is 10.1 Å². The van der Waals surface area contributed by atoms with Crippen LogP contribution in [0.15, 0.2) is 28.9 Å². The third-order valence-corrected chi connectivity index (χ3v) is 2.65. The molecule has 20 heavy (non-hydrogen) atoms. The van der Waals surface area contributed by atoms with Gasteiger partial charge in [0.2, 0.25) is 0 Å². The molecule has 0 fully saturated rings. The monoisotopic (exact) mass is 279 g/mol. The molecule has 0 radical (unpaired) electrons. The van der Waals surface area contributed by atoms with Gasteiger partial charge in [-0.1, -0.05) is 12.1 Å². The summed E-state index contributed by atoms with van der Waals surface area (Å²) in [5, 5.41) is 9.70. The Morgan fingerprint density at radius 1 is 1.40 bits per heavy atom. The van der Waals surface area contributed by atoms with Crippen LogP contribution in [0.25, 0.3) is 0 Å². The molecule has 2 aromatic rings. The van der Waals surface area contributed by atoms with Crippen LogP contribution in [0.5, 0.6) is 5.75 Å². The highest BCUT2D eigenvalue weighted by Crippen LogP contribution is 2.16. The maximum absolute atomic E-state index is 12.8. The van der Waals surface area contributed by atoms with Crippen LogP contribution in [0.1, 0.15) is 19.0 Å². The Morgan fingerprint density at radius 2 is 2.10 bits per heavy atom. The molecular weight excluding hydrogens is 265 g/mol. The third kappa shape index (κ3) is 3.31. The summed E-state index contributed by atoms with van der Waals surface area (Å²) in [4.78, 5) is 12.0. The summed E-state index contributed by atoms with van der Waals surface area (Å²) in [6.45, 7) is 3.47. The summed E-state index contributed by atoms with van der Waals surface area (Å²) in [6.07, 6.45) is -0.260. The van der Waals surface area contributed by atoms with E-state index in [1.165, 1.54) is 24.3 Å². The molecular formula is C13H14FN3O3. The van der Waals surface area contributed by atoms with Crippen LogP contribution in [0.4, 0.5) is 10.2 Å². The van der Waals surface area contributed by atoms with Gasteiger partial charge in [-0.25, -0.2) is 9.02 Å². The van der Waals surface area contributed by atoms with Gasteiger partial charge in [0.05, 0.1) is 0 Å². The lowest BCUT2D eigenvalue weighted by atomic mass is 10.2. The van der Waals surface area contributed by atoms with Gasteiger partial charge in [-0.15, -0.1) is 0 Å². The number of nitrogens with one attached hydrogen (secondary N) is 1. The van der Waals surface area contributed by atoms with Gasteiger partial charge in [-0.2, -0.15) is 0 Å². The predicted molar refractivity (Wildman–Crippen MR) is 68.8 cm³/mol. The molecule has 0 aliphatic rings. The van der Waals surface area contributed by atoms with E-state index in [4.69, 9.17) is 4.74 Å². The summed E-state index contributed by atoms with van der Waals surface area (Å²) in [5.41, 5.74) is 0.481. The first-order chi connectivity index (χ1) is 9.60. The number of hydrogen-bond acceptors (Lipinski definition) is 5. The maximum atomic E-state index is 12.8. The second kappa shape index (κ2) is 6.14. The van der Waals surface area contributed by atoms with Crippen molar-refractivity contribution in [1.82, 2.24) is 10.3 Å². The molecule has 0 saturated heterocycles. The molecule has 106 valence electrons. The van der Waals surface area contributed by atoms with E-state index < -0.39 is 6.10 Å². The van der Waals surface area contributed by atoms with Gasteiger partial charge in [0.25, 0.3) is 5.91 Å². The molecule has 0 aliphatic carbocycles.